The van der Waals surface area contributed by atoms with Crippen LogP contribution < -0.4 is 9.62 Å². The number of amides is 2. The van der Waals surface area contributed by atoms with Crippen molar-refractivity contribution in [2.75, 3.05) is 10.9 Å². The molecule has 156 valence electrons. The molecular formula is C20H21N5O3S2. The third-order valence-electron chi connectivity index (χ3n) is 4.86. The molecule has 0 radical (unpaired) electrons. The number of urea groups is 1. The molecule has 3 heterocycles. The Kier molecular flexibility index (Phi) is 6.14. The first-order chi connectivity index (χ1) is 14.5. The Morgan fingerprint density at radius 3 is 2.87 bits per heavy atom. The fourth-order valence-electron chi connectivity index (χ4n) is 3.33. The summed E-state index contributed by atoms with van der Waals surface area (Å²) < 4.78 is 6.22. The highest BCUT2D eigenvalue weighted by atomic mass is 32.1. The average molecular weight is 444 g/mol. The third kappa shape index (κ3) is 4.39. The molecule has 3 aromatic rings. The number of hydrogen-bond acceptors (Lipinski definition) is 8. The van der Waals surface area contributed by atoms with Crippen molar-refractivity contribution in [1.29, 1.82) is 0 Å². The maximum atomic E-state index is 12.5. The number of thiol groups is 1. The predicted molar refractivity (Wildman–Crippen MR) is 119 cm³/mol. The molecule has 1 fully saturated rings. The van der Waals surface area contributed by atoms with Crippen LogP contribution >= 0.6 is 24.2 Å². The first-order valence-electron chi connectivity index (χ1n) is 9.74. The van der Waals surface area contributed by atoms with E-state index in [0.717, 1.165) is 31.2 Å². The molecule has 0 spiro atoms. The van der Waals surface area contributed by atoms with Crippen molar-refractivity contribution in [1.82, 2.24) is 20.3 Å². The van der Waals surface area contributed by atoms with Crippen LogP contribution in [0.4, 0.5) is 10.6 Å². The lowest BCUT2D eigenvalue weighted by molar-refractivity contribution is 0.0532. The van der Waals surface area contributed by atoms with Gasteiger partial charge in [-0.2, -0.15) is 0 Å². The maximum Gasteiger partial charge on any atom is 0.348 e. The molecule has 1 N–H and O–H groups in total. The van der Waals surface area contributed by atoms with Gasteiger partial charge in [-0.1, -0.05) is 25.7 Å². The summed E-state index contributed by atoms with van der Waals surface area (Å²) in [6.07, 6.45) is 5.87. The fourth-order valence-corrected chi connectivity index (χ4v) is 4.30. The first-order valence-corrected chi connectivity index (χ1v) is 11.0. The molecule has 0 aromatic carbocycles. The van der Waals surface area contributed by atoms with Gasteiger partial charge in [-0.3, -0.25) is 4.98 Å². The van der Waals surface area contributed by atoms with E-state index in [-0.39, 0.29) is 18.0 Å². The van der Waals surface area contributed by atoms with Crippen molar-refractivity contribution in [3.63, 3.8) is 0 Å². The lowest BCUT2D eigenvalue weighted by Gasteiger charge is -2.19. The van der Waals surface area contributed by atoms with Gasteiger partial charge in [0.25, 0.3) is 0 Å². The maximum absolute atomic E-state index is 12.5. The molecule has 1 saturated carbocycles. The molecule has 10 heteroatoms. The molecule has 4 rings (SSSR count). The quantitative estimate of drug-likeness (QED) is 0.452. The highest BCUT2D eigenvalue weighted by molar-refractivity contribution is 7.82. The standard InChI is InChI=1S/C20H21N5O3S2/c1-2-28-19(26)16-9-12(11-30-16)15-10-21-14-7-8-17(24-18(14)23-15)25(29)20(27)22-13-5-3-4-6-13/h7-11,13,29H,2-6H2,1H3,(H,22,27). The smallest absolute Gasteiger partial charge is 0.348 e. The Morgan fingerprint density at radius 1 is 1.30 bits per heavy atom. The first kappa shape index (κ1) is 20.5. The number of carbonyl (C=O) groups is 2. The predicted octanol–water partition coefficient (Wildman–Crippen LogP) is 4.23. The number of hydrogen-bond donors (Lipinski definition) is 2. The summed E-state index contributed by atoms with van der Waals surface area (Å²) in [5.74, 6) is 0.00668. The highest BCUT2D eigenvalue weighted by Gasteiger charge is 2.21. The number of carbonyl (C=O) groups excluding carboxylic acids is 2. The number of pyridine rings is 1. The minimum atomic E-state index is -0.359. The van der Waals surface area contributed by atoms with Crippen LogP contribution in [0.2, 0.25) is 0 Å². The van der Waals surface area contributed by atoms with E-state index in [1.165, 1.54) is 15.6 Å². The molecule has 1 aliphatic carbocycles. The van der Waals surface area contributed by atoms with Gasteiger partial charge in [0.05, 0.1) is 18.5 Å². The minimum absolute atomic E-state index is 0.186. The number of aromatic nitrogens is 3. The van der Waals surface area contributed by atoms with Gasteiger partial charge in [-0.05, 0) is 38.0 Å². The van der Waals surface area contributed by atoms with Gasteiger partial charge in [0.2, 0.25) is 0 Å². The van der Waals surface area contributed by atoms with Crippen LogP contribution in [-0.4, -0.2) is 39.6 Å². The molecular weight excluding hydrogens is 422 g/mol. The van der Waals surface area contributed by atoms with Crippen molar-refractivity contribution in [3.8, 4) is 11.3 Å². The second kappa shape index (κ2) is 8.97. The van der Waals surface area contributed by atoms with Gasteiger partial charge in [-0.25, -0.2) is 23.9 Å². The topological polar surface area (TPSA) is 97.3 Å². The van der Waals surface area contributed by atoms with Crippen LogP contribution in [0.25, 0.3) is 22.4 Å². The van der Waals surface area contributed by atoms with E-state index >= 15 is 0 Å². The van der Waals surface area contributed by atoms with Gasteiger partial charge in [-0.15, -0.1) is 11.3 Å². The number of thiophene rings is 1. The van der Waals surface area contributed by atoms with Crippen molar-refractivity contribution < 1.29 is 14.3 Å². The van der Waals surface area contributed by atoms with E-state index in [0.29, 0.717) is 34.2 Å². The number of ether oxygens (including phenoxy) is 1. The van der Waals surface area contributed by atoms with Crippen LogP contribution in [-0.2, 0) is 4.74 Å². The molecule has 0 aliphatic heterocycles. The van der Waals surface area contributed by atoms with Crippen molar-refractivity contribution >= 4 is 53.1 Å². The van der Waals surface area contributed by atoms with Gasteiger partial charge < -0.3 is 10.1 Å². The summed E-state index contributed by atoms with van der Waals surface area (Å²) in [5, 5.41) is 4.80. The third-order valence-corrected chi connectivity index (χ3v) is 6.15. The zero-order valence-electron chi connectivity index (χ0n) is 16.4. The highest BCUT2D eigenvalue weighted by Crippen LogP contribution is 2.26. The van der Waals surface area contributed by atoms with E-state index in [1.807, 2.05) is 5.38 Å². The van der Waals surface area contributed by atoms with Crippen molar-refractivity contribution in [3.05, 3.63) is 34.7 Å². The second-order valence-electron chi connectivity index (χ2n) is 6.93. The Hall–Kier alpha value is -2.72. The molecule has 0 saturated heterocycles. The lowest BCUT2D eigenvalue weighted by Crippen LogP contribution is -2.40. The molecule has 1 aliphatic rings. The van der Waals surface area contributed by atoms with Gasteiger partial charge in [0.15, 0.2) is 5.65 Å². The summed E-state index contributed by atoms with van der Waals surface area (Å²) >= 11 is 5.60. The molecule has 2 amide bonds. The van der Waals surface area contributed by atoms with Gasteiger partial charge in [0, 0.05) is 17.0 Å². The zero-order chi connectivity index (χ0) is 21.1. The summed E-state index contributed by atoms with van der Waals surface area (Å²) in [4.78, 5) is 38.3. The van der Waals surface area contributed by atoms with Crippen LogP contribution in [0.5, 0.6) is 0 Å². The van der Waals surface area contributed by atoms with Crippen LogP contribution in [0.15, 0.2) is 29.8 Å². The minimum Gasteiger partial charge on any atom is -0.462 e. The molecule has 0 unspecified atom stereocenters. The van der Waals surface area contributed by atoms with E-state index in [4.69, 9.17) is 4.74 Å². The summed E-state index contributed by atoms with van der Waals surface area (Å²) in [6, 6.07) is 5.03. The van der Waals surface area contributed by atoms with Crippen LogP contribution in [0.3, 0.4) is 0 Å². The monoisotopic (exact) mass is 443 g/mol. The fraction of sp³-hybridized carbons (Fsp3) is 0.350. The SMILES string of the molecule is CCOC(=O)c1cc(-c2cnc3ccc(N(S)C(=O)NC4CCCC4)nc3n2)cs1. The van der Waals surface area contributed by atoms with Gasteiger partial charge in [0.1, 0.15) is 16.2 Å². The number of rotatable bonds is 5. The Bertz CT molecular complexity index is 1080. The molecule has 8 nitrogen and oxygen atoms in total. The number of anilines is 1. The number of esters is 1. The van der Waals surface area contributed by atoms with E-state index < -0.39 is 0 Å². The number of nitrogens with zero attached hydrogens (tertiary/aromatic N) is 4. The summed E-state index contributed by atoms with van der Waals surface area (Å²) in [5.41, 5.74) is 2.33. The van der Waals surface area contributed by atoms with E-state index in [9.17, 15) is 9.59 Å². The Morgan fingerprint density at radius 2 is 2.10 bits per heavy atom. The molecule has 0 atom stereocenters. The van der Waals surface area contributed by atoms with Crippen LogP contribution in [0.1, 0.15) is 42.3 Å². The number of nitrogens with one attached hydrogen (secondary N) is 1. The second-order valence-corrected chi connectivity index (χ2v) is 8.24. The van der Waals surface area contributed by atoms with Crippen LogP contribution in [0, 0.1) is 0 Å². The summed E-state index contributed by atoms with van der Waals surface area (Å²) in [6.45, 7) is 2.09. The largest absolute Gasteiger partial charge is 0.462 e. The van der Waals surface area contributed by atoms with Gasteiger partial charge >= 0.3 is 12.0 Å². The number of fused-ring (bicyclic) bond motifs is 1. The molecule has 30 heavy (non-hydrogen) atoms. The Balaban J connectivity index is 1.56. The Labute approximate surface area is 183 Å². The molecule has 3 aromatic heterocycles. The zero-order valence-corrected chi connectivity index (χ0v) is 18.1. The molecule has 0 bridgehead atoms. The van der Waals surface area contributed by atoms with Crippen molar-refractivity contribution in [2.45, 2.75) is 38.6 Å². The summed E-state index contributed by atoms with van der Waals surface area (Å²) in [7, 11) is 0. The van der Waals surface area contributed by atoms with Crippen molar-refractivity contribution in [2.24, 2.45) is 0 Å². The average Bonchev–Trinajstić information content (AvgIpc) is 3.45. The lowest BCUT2D eigenvalue weighted by atomic mass is 10.2. The van der Waals surface area contributed by atoms with E-state index in [1.54, 1.807) is 31.3 Å². The van der Waals surface area contributed by atoms with E-state index in [2.05, 4.69) is 33.1 Å². The normalized spacial score (nSPS) is 14.1.